The Morgan fingerprint density at radius 2 is 1.68 bits per heavy atom. The molecule has 0 spiro atoms. The number of unbranched alkanes of at least 4 members (excludes halogenated alkanes) is 3. The highest BCUT2D eigenvalue weighted by Crippen LogP contribution is 2.14. The van der Waals surface area contributed by atoms with E-state index in [1.807, 2.05) is 19.1 Å². The van der Waals surface area contributed by atoms with Gasteiger partial charge in [-0.2, -0.15) is 0 Å². The Morgan fingerprint density at radius 1 is 0.935 bits per heavy atom. The van der Waals surface area contributed by atoms with Gasteiger partial charge >= 0.3 is 0 Å². The van der Waals surface area contributed by atoms with Gasteiger partial charge in [0, 0.05) is 30.8 Å². The van der Waals surface area contributed by atoms with E-state index in [4.69, 9.17) is 0 Å². The summed E-state index contributed by atoms with van der Waals surface area (Å²) in [7, 11) is -3.56. The van der Waals surface area contributed by atoms with E-state index in [1.165, 1.54) is 12.1 Å². The van der Waals surface area contributed by atoms with Crippen molar-refractivity contribution < 1.29 is 18.0 Å². The number of hydrogen-bond acceptors (Lipinski definition) is 4. The van der Waals surface area contributed by atoms with Gasteiger partial charge in [-0.05, 0) is 49.7 Å². The second kappa shape index (κ2) is 12.2. The van der Waals surface area contributed by atoms with Crippen molar-refractivity contribution in [1.29, 1.82) is 0 Å². The van der Waals surface area contributed by atoms with E-state index >= 15 is 0 Å². The van der Waals surface area contributed by atoms with Crippen LogP contribution in [0, 0.1) is 6.92 Å². The molecular weight excluding hydrogens is 414 g/mol. The van der Waals surface area contributed by atoms with Crippen molar-refractivity contribution in [3.63, 3.8) is 0 Å². The summed E-state index contributed by atoms with van der Waals surface area (Å²) in [4.78, 5) is 24.3. The van der Waals surface area contributed by atoms with Gasteiger partial charge in [-0.25, -0.2) is 13.1 Å². The van der Waals surface area contributed by atoms with E-state index < -0.39 is 10.0 Å². The average Bonchev–Trinajstić information content (AvgIpc) is 2.74. The van der Waals surface area contributed by atoms with Crippen LogP contribution < -0.4 is 15.4 Å². The lowest BCUT2D eigenvalue weighted by molar-refractivity contribution is -0.116. The van der Waals surface area contributed by atoms with Crippen LogP contribution in [0.5, 0.6) is 0 Å². The molecule has 0 aromatic heterocycles. The number of rotatable bonds is 12. The van der Waals surface area contributed by atoms with Gasteiger partial charge in [-0.3, -0.25) is 9.59 Å². The predicted octanol–water partition coefficient (Wildman–Crippen LogP) is 3.61. The van der Waals surface area contributed by atoms with Crippen LogP contribution in [0.1, 0.15) is 54.9 Å². The highest BCUT2D eigenvalue weighted by atomic mass is 32.2. The molecule has 0 radical (unpaired) electrons. The Balaban J connectivity index is 1.77. The number of carbonyl (C=O) groups excluding carboxylic acids is 2. The molecule has 0 fully saturated rings. The van der Waals surface area contributed by atoms with Gasteiger partial charge in [0.15, 0.2) is 0 Å². The number of hydrogen-bond donors (Lipinski definition) is 3. The maximum Gasteiger partial charge on any atom is 0.251 e. The Hall–Kier alpha value is -2.71. The van der Waals surface area contributed by atoms with Gasteiger partial charge in [0.05, 0.1) is 4.90 Å². The molecule has 0 atom stereocenters. The van der Waals surface area contributed by atoms with E-state index in [-0.39, 0.29) is 29.7 Å². The summed E-state index contributed by atoms with van der Waals surface area (Å²) in [5.41, 5.74) is 2.04. The second-order valence-corrected chi connectivity index (χ2v) is 9.17. The van der Waals surface area contributed by atoms with Gasteiger partial charge in [0.2, 0.25) is 15.9 Å². The number of aryl methyl sites for hydroxylation is 1. The van der Waals surface area contributed by atoms with Crippen molar-refractivity contribution in [3.05, 3.63) is 59.7 Å². The Bertz CT molecular complexity index is 973. The molecule has 0 saturated heterocycles. The highest BCUT2D eigenvalue weighted by Gasteiger charge is 2.13. The molecule has 2 aromatic carbocycles. The number of benzene rings is 2. The third kappa shape index (κ3) is 8.51. The van der Waals surface area contributed by atoms with E-state index in [1.54, 1.807) is 24.3 Å². The van der Waals surface area contributed by atoms with Crippen LogP contribution in [-0.4, -0.2) is 33.3 Å². The van der Waals surface area contributed by atoms with Gasteiger partial charge in [-0.15, -0.1) is 0 Å². The van der Waals surface area contributed by atoms with Crippen molar-refractivity contribution >= 4 is 27.5 Å². The van der Waals surface area contributed by atoms with Crippen LogP contribution in [0.15, 0.2) is 53.4 Å². The summed E-state index contributed by atoms with van der Waals surface area (Å²) in [5.74, 6) is -0.498. The highest BCUT2D eigenvalue weighted by molar-refractivity contribution is 7.89. The quantitative estimate of drug-likeness (QED) is 0.434. The minimum Gasteiger partial charge on any atom is -0.352 e. The number of anilines is 1. The van der Waals surface area contributed by atoms with Crippen molar-refractivity contribution in [3.8, 4) is 0 Å². The summed E-state index contributed by atoms with van der Waals surface area (Å²) >= 11 is 0. The van der Waals surface area contributed by atoms with E-state index in [2.05, 4.69) is 22.3 Å². The number of carbonyl (C=O) groups is 2. The molecule has 0 bridgehead atoms. The van der Waals surface area contributed by atoms with Crippen molar-refractivity contribution in [2.75, 3.05) is 18.4 Å². The monoisotopic (exact) mass is 445 g/mol. The van der Waals surface area contributed by atoms with Crippen LogP contribution in [-0.2, 0) is 14.8 Å². The van der Waals surface area contributed by atoms with Crippen molar-refractivity contribution in [2.24, 2.45) is 0 Å². The normalized spacial score (nSPS) is 11.2. The molecule has 0 aliphatic heterocycles. The zero-order valence-corrected chi connectivity index (χ0v) is 18.9. The molecule has 0 heterocycles. The van der Waals surface area contributed by atoms with Crippen LogP contribution in [0.3, 0.4) is 0 Å². The van der Waals surface area contributed by atoms with Crippen LogP contribution in [0.4, 0.5) is 5.69 Å². The summed E-state index contributed by atoms with van der Waals surface area (Å²) < 4.78 is 27.2. The first kappa shape index (κ1) is 24.6. The van der Waals surface area contributed by atoms with Gasteiger partial charge in [0.1, 0.15) is 0 Å². The maximum absolute atomic E-state index is 12.3. The molecule has 0 saturated carbocycles. The maximum atomic E-state index is 12.3. The molecule has 7 nitrogen and oxygen atoms in total. The Morgan fingerprint density at radius 3 is 2.35 bits per heavy atom. The third-order valence-corrected chi connectivity index (χ3v) is 6.17. The van der Waals surface area contributed by atoms with Gasteiger partial charge < -0.3 is 10.6 Å². The molecule has 168 valence electrons. The number of amides is 2. The molecule has 0 aliphatic carbocycles. The van der Waals surface area contributed by atoms with Crippen LogP contribution in [0.2, 0.25) is 0 Å². The standard InChI is InChI=1S/C23H31N3O4S/c1-3-4-5-6-15-25-31(29,30)21-12-10-20(11-13-21)26-22(27)14-16-24-23(28)19-9-7-8-18(2)17-19/h7-13,17,25H,3-6,14-16H2,1-2H3,(H,24,28)(H,26,27). The summed E-state index contributed by atoms with van der Waals surface area (Å²) in [6, 6.07) is 13.2. The smallest absolute Gasteiger partial charge is 0.251 e. The molecule has 2 rings (SSSR count). The predicted molar refractivity (Wildman–Crippen MR) is 123 cm³/mol. The van der Waals surface area contributed by atoms with E-state index in [0.29, 0.717) is 17.8 Å². The van der Waals surface area contributed by atoms with Gasteiger partial charge in [-0.1, -0.05) is 43.9 Å². The van der Waals surface area contributed by atoms with Crippen molar-refractivity contribution in [2.45, 2.75) is 50.8 Å². The average molecular weight is 446 g/mol. The first-order valence-electron chi connectivity index (χ1n) is 10.6. The number of sulfonamides is 1. The lowest BCUT2D eigenvalue weighted by atomic mass is 10.1. The SMILES string of the molecule is CCCCCCNS(=O)(=O)c1ccc(NC(=O)CCNC(=O)c2cccc(C)c2)cc1. The molecular formula is C23H31N3O4S. The lowest BCUT2D eigenvalue weighted by Gasteiger charge is -2.09. The number of nitrogens with one attached hydrogen (secondary N) is 3. The zero-order valence-electron chi connectivity index (χ0n) is 18.1. The van der Waals surface area contributed by atoms with E-state index in [0.717, 1.165) is 31.2 Å². The molecule has 0 aliphatic rings. The summed E-state index contributed by atoms with van der Waals surface area (Å²) in [6.07, 6.45) is 4.10. The fourth-order valence-corrected chi connectivity index (χ4v) is 4.03. The van der Waals surface area contributed by atoms with Gasteiger partial charge in [0.25, 0.3) is 5.91 Å². The fraction of sp³-hybridized carbons (Fsp3) is 0.391. The summed E-state index contributed by atoms with van der Waals surface area (Å²) in [5, 5.41) is 5.42. The van der Waals surface area contributed by atoms with Crippen LogP contribution >= 0.6 is 0 Å². The fourth-order valence-electron chi connectivity index (χ4n) is 2.96. The first-order valence-corrected chi connectivity index (χ1v) is 12.0. The Labute approximate surface area is 184 Å². The van der Waals surface area contributed by atoms with E-state index in [9.17, 15) is 18.0 Å². The van der Waals surface area contributed by atoms with Crippen molar-refractivity contribution in [1.82, 2.24) is 10.0 Å². The second-order valence-electron chi connectivity index (χ2n) is 7.41. The topological polar surface area (TPSA) is 104 Å². The largest absolute Gasteiger partial charge is 0.352 e. The summed E-state index contributed by atoms with van der Waals surface area (Å²) in [6.45, 7) is 4.62. The molecule has 2 aromatic rings. The molecule has 0 unspecified atom stereocenters. The molecule has 8 heteroatoms. The first-order chi connectivity index (χ1) is 14.8. The zero-order chi connectivity index (χ0) is 22.7. The van der Waals surface area contributed by atoms with Crippen LogP contribution in [0.25, 0.3) is 0 Å². The lowest BCUT2D eigenvalue weighted by Crippen LogP contribution is -2.27. The molecule has 3 N–H and O–H groups in total. The third-order valence-electron chi connectivity index (χ3n) is 4.69. The molecule has 2 amide bonds. The minimum atomic E-state index is -3.56. The Kier molecular flexibility index (Phi) is 9.68. The molecule has 31 heavy (non-hydrogen) atoms. The minimum absolute atomic E-state index is 0.108.